The average molecular weight is 644 g/mol. The highest BCUT2D eigenvalue weighted by Gasteiger charge is 2.29. The predicted octanol–water partition coefficient (Wildman–Crippen LogP) is 5.81. The highest BCUT2D eigenvalue weighted by atomic mass is 35.5. The van der Waals surface area contributed by atoms with Gasteiger partial charge in [-0.3, -0.25) is 14.2 Å². The van der Waals surface area contributed by atoms with Crippen LogP contribution in [0.5, 0.6) is 5.75 Å². The number of rotatable bonds is 7. The number of carbonyl (C=O) groups excluding carboxylic acids is 1. The number of nitrogens with zero attached hydrogens (tertiary/aromatic N) is 6. The van der Waals surface area contributed by atoms with Crippen LogP contribution in [0.1, 0.15) is 43.4 Å². The first-order valence-corrected chi connectivity index (χ1v) is 16.4. The molecule has 2 aromatic heterocycles. The lowest BCUT2D eigenvalue weighted by atomic mass is 9.98. The van der Waals surface area contributed by atoms with Gasteiger partial charge in [-0.25, -0.2) is 4.98 Å². The zero-order valence-corrected chi connectivity index (χ0v) is 28.0. The highest BCUT2D eigenvalue weighted by molar-refractivity contribution is 6.33. The fraction of sp³-hybridized carbons (Fsp3) is 0.429. The largest absolute Gasteiger partial charge is 0.497 e. The SMILES string of the molecule is CCC(=O)N1CCC[C@H](n2c(=O)c(-c3ccc(OC)cc3Cl)c(C)c3cnc(Nc4ccc(N5CCN(C)CC5)c(C)c4)nc32)C1. The molecule has 11 heteroatoms. The van der Waals surface area contributed by atoms with E-state index in [0.717, 1.165) is 55.7 Å². The number of piperidine rings is 1. The number of fused-ring (bicyclic) bond motifs is 1. The number of likely N-dealkylation sites (N-methyl/N-ethyl adjacent to an activating group) is 1. The maximum Gasteiger partial charge on any atom is 0.260 e. The number of pyridine rings is 1. The number of amides is 1. The molecule has 1 N–H and O–H groups in total. The molecular formula is C35H42ClN7O3. The first-order chi connectivity index (χ1) is 22.2. The van der Waals surface area contributed by atoms with Crippen molar-refractivity contribution in [3.63, 3.8) is 0 Å². The normalized spacial score (nSPS) is 17.4. The van der Waals surface area contributed by atoms with E-state index in [9.17, 15) is 9.59 Å². The van der Waals surface area contributed by atoms with Crippen LogP contribution in [-0.4, -0.2) is 83.7 Å². The number of likely N-dealkylation sites (tertiary alicyclic amines) is 1. The number of hydrogen-bond donors (Lipinski definition) is 1. The van der Waals surface area contributed by atoms with E-state index in [1.54, 1.807) is 30.0 Å². The zero-order valence-electron chi connectivity index (χ0n) is 27.3. The predicted molar refractivity (Wildman–Crippen MR) is 185 cm³/mol. The van der Waals surface area contributed by atoms with Crippen molar-refractivity contribution in [2.24, 2.45) is 0 Å². The average Bonchev–Trinajstić information content (AvgIpc) is 3.06. The second kappa shape index (κ2) is 13.3. The molecule has 1 atom stereocenters. The summed E-state index contributed by atoms with van der Waals surface area (Å²) in [6.45, 7) is 11.1. The Morgan fingerprint density at radius 3 is 2.57 bits per heavy atom. The summed E-state index contributed by atoms with van der Waals surface area (Å²) in [7, 11) is 3.74. The third kappa shape index (κ3) is 6.16. The van der Waals surface area contributed by atoms with E-state index < -0.39 is 0 Å². The van der Waals surface area contributed by atoms with Gasteiger partial charge in [0.2, 0.25) is 11.9 Å². The minimum Gasteiger partial charge on any atom is -0.497 e. The van der Waals surface area contributed by atoms with Crippen molar-refractivity contribution >= 4 is 45.9 Å². The quantitative estimate of drug-likeness (QED) is 0.270. The number of anilines is 3. The van der Waals surface area contributed by atoms with Gasteiger partial charge in [0, 0.05) is 74.2 Å². The molecule has 0 spiro atoms. The van der Waals surface area contributed by atoms with E-state index in [0.29, 0.717) is 53.0 Å². The molecule has 2 saturated heterocycles. The van der Waals surface area contributed by atoms with Gasteiger partial charge in [0.15, 0.2) is 0 Å². The number of aromatic nitrogens is 3. The van der Waals surface area contributed by atoms with Crippen molar-refractivity contribution < 1.29 is 9.53 Å². The number of benzene rings is 2. The van der Waals surface area contributed by atoms with Gasteiger partial charge in [0.25, 0.3) is 5.56 Å². The van der Waals surface area contributed by atoms with E-state index in [-0.39, 0.29) is 17.5 Å². The molecule has 4 aromatic rings. The third-order valence-electron chi connectivity index (χ3n) is 9.37. The van der Waals surface area contributed by atoms with Gasteiger partial charge in [-0.15, -0.1) is 0 Å². The van der Waals surface area contributed by atoms with Crippen LogP contribution < -0.4 is 20.5 Å². The molecule has 1 amide bonds. The maximum atomic E-state index is 14.6. The molecule has 2 fully saturated rings. The standard InChI is InChI=1S/C35H42ClN7O3/c1-6-31(44)42-13-7-8-25(21-42)43-33-28(23(3)32(34(43)45)27-11-10-26(46-5)19-29(27)36)20-37-35(39-33)38-24-9-12-30(22(2)18-24)41-16-14-40(4)15-17-41/h9-12,18-20,25H,6-8,13-17,21H2,1-5H3,(H,37,38,39)/t25-/m0/s1. The van der Waals surface area contributed by atoms with Gasteiger partial charge in [0.1, 0.15) is 11.4 Å². The number of ether oxygens (including phenoxy) is 1. The fourth-order valence-electron chi connectivity index (χ4n) is 6.75. The molecule has 0 saturated carbocycles. The molecular weight excluding hydrogens is 602 g/mol. The summed E-state index contributed by atoms with van der Waals surface area (Å²) in [5.41, 5.74) is 5.50. The van der Waals surface area contributed by atoms with Crippen LogP contribution in [0.3, 0.4) is 0 Å². The van der Waals surface area contributed by atoms with Crippen LogP contribution in [0.4, 0.5) is 17.3 Å². The fourth-order valence-corrected chi connectivity index (χ4v) is 7.02. The van der Waals surface area contributed by atoms with Crippen LogP contribution >= 0.6 is 11.6 Å². The summed E-state index contributed by atoms with van der Waals surface area (Å²) in [6, 6.07) is 11.4. The molecule has 2 aromatic carbocycles. The van der Waals surface area contributed by atoms with Gasteiger partial charge in [0.05, 0.1) is 23.7 Å². The monoisotopic (exact) mass is 643 g/mol. The van der Waals surface area contributed by atoms with E-state index in [2.05, 4.69) is 47.3 Å². The smallest absolute Gasteiger partial charge is 0.260 e. The Labute approximate surface area is 274 Å². The van der Waals surface area contributed by atoms with Gasteiger partial charge in [-0.2, -0.15) is 4.98 Å². The summed E-state index contributed by atoms with van der Waals surface area (Å²) in [5, 5.41) is 4.56. The minimum absolute atomic E-state index is 0.0833. The molecule has 4 heterocycles. The van der Waals surface area contributed by atoms with Crippen molar-refractivity contribution in [2.45, 2.75) is 46.1 Å². The molecule has 46 heavy (non-hydrogen) atoms. The Hall–Kier alpha value is -4.15. The summed E-state index contributed by atoms with van der Waals surface area (Å²) < 4.78 is 7.12. The van der Waals surface area contributed by atoms with Crippen molar-refractivity contribution in [1.82, 2.24) is 24.3 Å². The third-order valence-corrected chi connectivity index (χ3v) is 9.68. The number of aryl methyl sites for hydroxylation is 2. The Bertz CT molecular complexity index is 1830. The lowest BCUT2D eigenvalue weighted by Gasteiger charge is -2.35. The first-order valence-electron chi connectivity index (χ1n) is 16.0. The van der Waals surface area contributed by atoms with Gasteiger partial charge in [-0.1, -0.05) is 18.5 Å². The summed E-state index contributed by atoms with van der Waals surface area (Å²) in [6.07, 6.45) is 3.75. The van der Waals surface area contributed by atoms with Crippen molar-refractivity contribution in [1.29, 1.82) is 0 Å². The molecule has 6 rings (SSSR count). The van der Waals surface area contributed by atoms with Gasteiger partial charge >= 0.3 is 0 Å². The number of methoxy groups -OCH3 is 1. The molecule has 0 radical (unpaired) electrons. The number of hydrogen-bond acceptors (Lipinski definition) is 8. The number of carbonyl (C=O) groups is 1. The van der Waals surface area contributed by atoms with Gasteiger partial charge in [-0.05, 0) is 81.3 Å². The van der Waals surface area contributed by atoms with Crippen LogP contribution in [0.25, 0.3) is 22.2 Å². The minimum atomic E-state index is -0.247. The lowest BCUT2D eigenvalue weighted by molar-refractivity contribution is -0.132. The lowest BCUT2D eigenvalue weighted by Crippen LogP contribution is -2.44. The Morgan fingerprint density at radius 2 is 1.87 bits per heavy atom. The van der Waals surface area contributed by atoms with Gasteiger partial charge < -0.3 is 24.8 Å². The highest BCUT2D eigenvalue weighted by Crippen LogP contribution is 2.35. The van der Waals surface area contributed by atoms with Crippen molar-refractivity contribution in [2.75, 3.05) is 63.6 Å². The van der Waals surface area contributed by atoms with Crippen LogP contribution in [0, 0.1) is 13.8 Å². The Balaban J connectivity index is 1.43. The molecule has 0 unspecified atom stereocenters. The van der Waals surface area contributed by atoms with Crippen LogP contribution in [0.2, 0.25) is 5.02 Å². The Morgan fingerprint density at radius 1 is 1.09 bits per heavy atom. The van der Waals surface area contributed by atoms with Crippen LogP contribution in [0.15, 0.2) is 47.4 Å². The molecule has 2 aliphatic rings. The molecule has 0 aliphatic carbocycles. The van der Waals surface area contributed by atoms with E-state index >= 15 is 0 Å². The zero-order chi connectivity index (χ0) is 32.5. The van der Waals surface area contributed by atoms with Crippen molar-refractivity contribution in [3.05, 3.63) is 69.1 Å². The summed E-state index contributed by atoms with van der Waals surface area (Å²) in [4.78, 5) is 43.6. The molecule has 0 bridgehead atoms. The topological polar surface area (TPSA) is 95.8 Å². The molecule has 10 nitrogen and oxygen atoms in total. The maximum absolute atomic E-state index is 14.6. The molecule has 2 aliphatic heterocycles. The van der Waals surface area contributed by atoms with E-state index in [1.807, 2.05) is 24.8 Å². The number of piperazine rings is 1. The van der Waals surface area contributed by atoms with Crippen LogP contribution in [-0.2, 0) is 4.79 Å². The number of nitrogens with one attached hydrogen (secondary N) is 1. The van der Waals surface area contributed by atoms with Crippen molar-refractivity contribution in [3.8, 4) is 16.9 Å². The second-order valence-corrected chi connectivity index (χ2v) is 12.8. The summed E-state index contributed by atoms with van der Waals surface area (Å²) in [5.74, 6) is 1.10. The van der Waals surface area contributed by atoms with E-state index in [4.69, 9.17) is 26.3 Å². The summed E-state index contributed by atoms with van der Waals surface area (Å²) >= 11 is 6.73. The Kier molecular flexibility index (Phi) is 9.20. The van der Waals surface area contributed by atoms with E-state index in [1.165, 1.54) is 11.3 Å². The molecule has 242 valence electrons. The first kappa shape index (κ1) is 31.8. The second-order valence-electron chi connectivity index (χ2n) is 12.4. The number of halogens is 1.